The largest absolute Gasteiger partial charge is 0.192 e. The van der Waals surface area contributed by atoms with E-state index in [-0.39, 0.29) is 5.57 Å². The second kappa shape index (κ2) is 8.94. The standard InChI is InChI=1S/C19H16N2/c1-16(11-12-18-9-5-6-10-18)7-3-4-8-17(2)13-19(14-20)15-21/h3-9,11-13H,1-2H3/b4-3+,12-11+,16-7+,17-8+. The van der Waals surface area contributed by atoms with Crippen LogP contribution in [0.2, 0.25) is 0 Å². The summed E-state index contributed by atoms with van der Waals surface area (Å²) >= 11 is 0. The molecule has 0 aromatic rings. The van der Waals surface area contributed by atoms with Crippen LogP contribution in [0, 0.1) is 22.7 Å². The third kappa shape index (κ3) is 6.60. The second-order valence-corrected chi connectivity index (χ2v) is 4.45. The lowest BCUT2D eigenvalue weighted by molar-refractivity contribution is 1.43. The van der Waals surface area contributed by atoms with Gasteiger partial charge in [-0.15, -0.1) is 5.73 Å². The van der Waals surface area contributed by atoms with Gasteiger partial charge in [-0.2, -0.15) is 10.5 Å². The Hall–Kier alpha value is -3.06. The minimum absolute atomic E-state index is 0.109. The smallest absolute Gasteiger partial charge is 0.129 e. The third-order valence-electron chi connectivity index (χ3n) is 2.59. The summed E-state index contributed by atoms with van der Waals surface area (Å²) in [6.45, 7) is 3.87. The normalized spacial score (nSPS) is 14.4. The van der Waals surface area contributed by atoms with E-state index in [1.54, 1.807) is 6.08 Å². The van der Waals surface area contributed by atoms with Crippen molar-refractivity contribution >= 4 is 0 Å². The van der Waals surface area contributed by atoms with Gasteiger partial charge in [0.15, 0.2) is 0 Å². The molecule has 0 heterocycles. The van der Waals surface area contributed by atoms with Crippen LogP contribution in [0.3, 0.4) is 0 Å². The third-order valence-corrected chi connectivity index (χ3v) is 2.59. The molecule has 0 spiro atoms. The maximum Gasteiger partial charge on any atom is 0.129 e. The predicted octanol–water partition coefficient (Wildman–Crippen LogP) is 4.62. The lowest BCUT2D eigenvalue weighted by Gasteiger charge is -1.90. The van der Waals surface area contributed by atoms with Gasteiger partial charge in [0.1, 0.15) is 17.7 Å². The van der Waals surface area contributed by atoms with Crippen LogP contribution in [-0.2, 0) is 0 Å². The fourth-order valence-corrected chi connectivity index (χ4v) is 1.50. The molecule has 1 aliphatic carbocycles. The molecule has 0 N–H and O–H groups in total. The van der Waals surface area contributed by atoms with Crippen LogP contribution in [0.5, 0.6) is 0 Å². The Morgan fingerprint density at radius 2 is 1.76 bits per heavy atom. The summed E-state index contributed by atoms with van der Waals surface area (Å²) in [6, 6.07) is 3.66. The zero-order valence-electron chi connectivity index (χ0n) is 12.2. The molecule has 0 aromatic carbocycles. The highest BCUT2D eigenvalue weighted by Gasteiger charge is 1.90. The van der Waals surface area contributed by atoms with Crippen molar-refractivity contribution in [2.24, 2.45) is 0 Å². The first kappa shape index (κ1) is 16.0. The van der Waals surface area contributed by atoms with Gasteiger partial charge < -0.3 is 0 Å². The van der Waals surface area contributed by atoms with E-state index in [4.69, 9.17) is 10.5 Å². The Kier molecular flexibility index (Phi) is 6.81. The minimum atomic E-state index is 0.109. The average molecular weight is 272 g/mol. The summed E-state index contributed by atoms with van der Waals surface area (Å²) in [5.74, 6) is 0. The van der Waals surface area contributed by atoms with Crippen molar-refractivity contribution in [3.05, 3.63) is 88.8 Å². The Morgan fingerprint density at radius 1 is 1.10 bits per heavy atom. The fraction of sp³-hybridized carbons (Fsp3) is 0.105. The van der Waals surface area contributed by atoms with Crippen LogP contribution in [0.15, 0.2) is 88.8 Å². The summed E-state index contributed by atoms with van der Waals surface area (Å²) in [7, 11) is 0. The molecule has 1 aliphatic rings. The molecule has 0 unspecified atom stereocenters. The summed E-state index contributed by atoms with van der Waals surface area (Å²) < 4.78 is 0. The van der Waals surface area contributed by atoms with Crippen LogP contribution in [0.4, 0.5) is 0 Å². The van der Waals surface area contributed by atoms with Gasteiger partial charge in [0.05, 0.1) is 0 Å². The number of hydrogen-bond donors (Lipinski definition) is 0. The number of nitriles is 2. The Labute approximate surface area is 126 Å². The molecule has 0 aliphatic heterocycles. The molecule has 0 fully saturated rings. The first-order chi connectivity index (χ1) is 10.2. The van der Waals surface area contributed by atoms with E-state index >= 15 is 0 Å². The Balaban J connectivity index is 2.61. The lowest BCUT2D eigenvalue weighted by atomic mass is 10.1. The zero-order chi connectivity index (χ0) is 15.5. The SMILES string of the molecule is C\C(C=C(C#N)C#N)=C/C=C/C=C(C)/C=C/C1=C=CC=C1. The van der Waals surface area contributed by atoms with Crippen molar-refractivity contribution in [1.82, 2.24) is 0 Å². The van der Waals surface area contributed by atoms with E-state index in [0.29, 0.717) is 0 Å². The molecular weight excluding hydrogens is 256 g/mol. The van der Waals surface area contributed by atoms with Gasteiger partial charge in [-0.25, -0.2) is 0 Å². The second-order valence-electron chi connectivity index (χ2n) is 4.45. The molecule has 0 saturated heterocycles. The van der Waals surface area contributed by atoms with Crippen LogP contribution in [0.1, 0.15) is 13.8 Å². The number of hydrogen-bond acceptors (Lipinski definition) is 2. The first-order valence-corrected chi connectivity index (χ1v) is 6.51. The van der Waals surface area contributed by atoms with Gasteiger partial charge in [-0.05, 0) is 43.7 Å². The lowest BCUT2D eigenvalue weighted by Crippen LogP contribution is -1.74. The average Bonchev–Trinajstić information content (AvgIpc) is 3.00. The van der Waals surface area contributed by atoms with E-state index < -0.39 is 0 Å². The monoisotopic (exact) mass is 272 g/mol. The van der Waals surface area contributed by atoms with Gasteiger partial charge >= 0.3 is 0 Å². The predicted molar refractivity (Wildman–Crippen MR) is 85.8 cm³/mol. The highest BCUT2D eigenvalue weighted by atomic mass is 14.3. The molecule has 0 atom stereocenters. The highest BCUT2D eigenvalue weighted by molar-refractivity contribution is 5.42. The van der Waals surface area contributed by atoms with Gasteiger partial charge in [-0.1, -0.05) is 42.0 Å². The van der Waals surface area contributed by atoms with Crippen LogP contribution in [-0.4, -0.2) is 0 Å². The molecule has 0 aromatic heterocycles. The van der Waals surface area contributed by atoms with Crippen molar-refractivity contribution in [1.29, 1.82) is 10.5 Å². The number of nitrogens with zero attached hydrogens (tertiary/aromatic N) is 2. The molecule has 0 bridgehead atoms. The molecule has 0 saturated carbocycles. The van der Waals surface area contributed by atoms with E-state index in [1.165, 1.54) is 0 Å². The molecule has 2 heteroatoms. The van der Waals surface area contributed by atoms with Crippen LogP contribution < -0.4 is 0 Å². The van der Waals surface area contributed by atoms with Gasteiger partial charge in [0.2, 0.25) is 0 Å². The summed E-state index contributed by atoms with van der Waals surface area (Å²) in [6.07, 6.45) is 19.1. The van der Waals surface area contributed by atoms with Crippen molar-refractivity contribution in [3.8, 4) is 12.1 Å². The van der Waals surface area contributed by atoms with Gasteiger partial charge in [0, 0.05) is 5.57 Å². The topological polar surface area (TPSA) is 47.6 Å². The molecule has 0 radical (unpaired) electrons. The highest BCUT2D eigenvalue weighted by Crippen LogP contribution is 2.06. The first-order valence-electron chi connectivity index (χ1n) is 6.51. The van der Waals surface area contributed by atoms with Crippen molar-refractivity contribution in [3.63, 3.8) is 0 Å². The van der Waals surface area contributed by atoms with Crippen LogP contribution >= 0.6 is 0 Å². The zero-order valence-corrected chi connectivity index (χ0v) is 12.2. The summed E-state index contributed by atoms with van der Waals surface area (Å²) in [5, 5.41) is 17.3. The molecule has 0 amide bonds. The Morgan fingerprint density at radius 3 is 2.33 bits per heavy atom. The van der Waals surface area contributed by atoms with E-state index in [9.17, 15) is 0 Å². The number of rotatable bonds is 5. The summed E-state index contributed by atoms with van der Waals surface area (Å²) in [5.41, 5.74) is 6.26. The molecule has 21 heavy (non-hydrogen) atoms. The fourth-order valence-electron chi connectivity index (χ4n) is 1.50. The minimum Gasteiger partial charge on any atom is -0.192 e. The molecule has 102 valence electrons. The van der Waals surface area contributed by atoms with E-state index in [0.717, 1.165) is 16.7 Å². The van der Waals surface area contributed by atoms with Crippen molar-refractivity contribution < 1.29 is 0 Å². The maximum atomic E-state index is 8.65. The molecule has 2 nitrogen and oxygen atoms in total. The van der Waals surface area contributed by atoms with Gasteiger partial charge in [0.25, 0.3) is 0 Å². The quantitative estimate of drug-likeness (QED) is 0.416. The van der Waals surface area contributed by atoms with Gasteiger partial charge in [-0.3, -0.25) is 0 Å². The van der Waals surface area contributed by atoms with Crippen molar-refractivity contribution in [2.75, 3.05) is 0 Å². The molecule has 1 rings (SSSR count). The number of allylic oxidation sites excluding steroid dienone is 13. The van der Waals surface area contributed by atoms with Crippen LogP contribution in [0.25, 0.3) is 0 Å². The van der Waals surface area contributed by atoms with E-state index in [1.807, 2.05) is 80.7 Å². The summed E-state index contributed by atoms with van der Waals surface area (Å²) in [4.78, 5) is 0. The van der Waals surface area contributed by atoms with Crippen molar-refractivity contribution in [2.45, 2.75) is 13.8 Å². The Bertz CT molecular complexity index is 699. The maximum absolute atomic E-state index is 8.65. The molecular formula is C19H16N2. The van der Waals surface area contributed by atoms with E-state index in [2.05, 4.69) is 5.73 Å².